The molecule has 4 nitrogen and oxygen atoms in total. The molecule has 1 rings (SSSR count). The second-order valence-corrected chi connectivity index (χ2v) is 4.81. The molecule has 0 atom stereocenters. The van der Waals surface area contributed by atoms with Gasteiger partial charge in [-0.25, -0.2) is 0 Å². The highest BCUT2D eigenvalue weighted by Crippen LogP contribution is 2.30. The number of halogens is 1. The van der Waals surface area contributed by atoms with Crippen LogP contribution in [-0.4, -0.2) is 20.1 Å². The maximum Gasteiger partial charge on any atom is 0.295 e. The highest BCUT2D eigenvalue weighted by molar-refractivity contribution is 7.86. The molecule has 0 saturated carbocycles. The second kappa shape index (κ2) is 5.03. The molecule has 0 spiro atoms. The number of methoxy groups -OCH3 is 1. The third-order valence-electron chi connectivity index (χ3n) is 2.46. The molecular weight excluding hydrogens is 252 g/mol. The Hall–Kier alpha value is -0.780. The minimum Gasteiger partial charge on any atom is -0.496 e. The van der Waals surface area contributed by atoms with E-state index in [0.29, 0.717) is 16.9 Å². The molecule has 0 aliphatic heterocycles. The van der Waals surface area contributed by atoms with Gasteiger partial charge in [0.15, 0.2) is 0 Å². The average molecular weight is 267 g/mol. The number of rotatable bonds is 2. The van der Waals surface area contributed by atoms with E-state index >= 15 is 0 Å². The van der Waals surface area contributed by atoms with Crippen molar-refractivity contribution in [3.05, 3.63) is 22.8 Å². The fourth-order valence-corrected chi connectivity index (χ4v) is 2.64. The Morgan fingerprint density at radius 3 is 2.06 bits per heavy atom. The first-order valence-corrected chi connectivity index (χ1v) is 5.85. The van der Waals surface area contributed by atoms with Gasteiger partial charge in [-0.3, -0.25) is 4.55 Å². The standard InChI is InChI=1S/C10H14O4S.ClH/c1-6-5-9(14-4)7(2)8(3)10(6)15(11,12)13;/h5H,1-4H3,(H,11,12,13);1H. The predicted octanol–water partition coefficient (Wildman–Crippen LogP) is 2.29. The smallest absolute Gasteiger partial charge is 0.295 e. The van der Waals surface area contributed by atoms with Gasteiger partial charge in [-0.1, -0.05) is 0 Å². The zero-order chi connectivity index (χ0) is 11.8. The zero-order valence-electron chi connectivity index (χ0n) is 9.57. The Balaban J connectivity index is 0.00000225. The van der Waals surface area contributed by atoms with E-state index in [1.54, 1.807) is 26.8 Å². The fourth-order valence-electron chi connectivity index (χ4n) is 1.63. The molecule has 0 saturated heterocycles. The second-order valence-electron chi connectivity index (χ2n) is 3.45. The summed E-state index contributed by atoms with van der Waals surface area (Å²) in [6, 6.07) is 1.60. The predicted molar refractivity (Wildman–Crippen MR) is 64.3 cm³/mol. The normalized spacial score (nSPS) is 10.8. The van der Waals surface area contributed by atoms with Gasteiger partial charge >= 0.3 is 0 Å². The zero-order valence-corrected chi connectivity index (χ0v) is 11.2. The van der Waals surface area contributed by atoms with Crippen LogP contribution in [0.25, 0.3) is 0 Å². The van der Waals surface area contributed by atoms with Gasteiger partial charge in [0.2, 0.25) is 0 Å². The van der Waals surface area contributed by atoms with Gasteiger partial charge in [0.1, 0.15) is 10.6 Å². The Bertz CT molecular complexity index is 494. The van der Waals surface area contributed by atoms with Gasteiger partial charge in [-0.2, -0.15) is 8.42 Å². The van der Waals surface area contributed by atoms with Crippen LogP contribution in [0.5, 0.6) is 5.75 Å². The minimum atomic E-state index is -4.17. The van der Waals surface area contributed by atoms with Crippen molar-refractivity contribution in [3.8, 4) is 5.75 Å². The van der Waals surface area contributed by atoms with E-state index in [-0.39, 0.29) is 17.3 Å². The Labute approximate surface area is 102 Å². The van der Waals surface area contributed by atoms with Crippen LogP contribution in [0, 0.1) is 20.8 Å². The molecule has 0 aliphatic rings. The maximum atomic E-state index is 11.1. The lowest BCUT2D eigenvalue weighted by Gasteiger charge is -2.13. The van der Waals surface area contributed by atoms with Crippen LogP contribution in [0.1, 0.15) is 16.7 Å². The molecule has 1 aromatic carbocycles. The lowest BCUT2D eigenvalue weighted by Crippen LogP contribution is -2.06. The van der Waals surface area contributed by atoms with Crippen LogP contribution in [0.2, 0.25) is 0 Å². The summed E-state index contributed by atoms with van der Waals surface area (Å²) in [4.78, 5) is -0.0270. The average Bonchev–Trinajstić information content (AvgIpc) is 2.09. The molecule has 0 amide bonds. The molecule has 0 aromatic heterocycles. The summed E-state index contributed by atoms with van der Waals surface area (Å²) in [5.41, 5.74) is 1.72. The first kappa shape index (κ1) is 15.2. The monoisotopic (exact) mass is 266 g/mol. The van der Waals surface area contributed by atoms with Crippen molar-refractivity contribution in [2.24, 2.45) is 0 Å². The quantitative estimate of drug-likeness (QED) is 0.834. The van der Waals surface area contributed by atoms with Gasteiger partial charge in [-0.05, 0) is 43.5 Å². The first-order valence-electron chi connectivity index (χ1n) is 4.41. The van der Waals surface area contributed by atoms with E-state index in [1.165, 1.54) is 7.11 Å². The molecule has 0 heterocycles. The van der Waals surface area contributed by atoms with Crippen molar-refractivity contribution < 1.29 is 17.7 Å². The van der Waals surface area contributed by atoms with Gasteiger partial charge in [0.05, 0.1) is 7.11 Å². The summed E-state index contributed by atoms with van der Waals surface area (Å²) < 4.78 is 36.5. The van der Waals surface area contributed by atoms with E-state index in [4.69, 9.17) is 9.29 Å². The van der Waals surface area contributed by atoms with Crippen molar-refractivity contribution >= 4 is 22.5 Å². The first-order chi connectivity index (χ1) is 6.79. The van der Waals surface area contributed by atoms with E-state index in [2.05, 4.69) is 0 Å². The fraction of sp³-hybridized carbons (Fsp3) is 0.400. The number of ether oxygens (including phenoxy) is 1. The van der Waals surface area contributed by atoms with Crippen LogP contribution in [-0.2, 0) is 10.1 Å². The molecule has 0 unspecified atom stereocenters. The maximum absolute atomic E-state index is 11.1. The molecule has 6 heteroatoms. The molecule has 1 aromatic rings. The molecule has 0 aliphatic carbocycles. The van der Waals surface area contributed by atoms with E-state index < -0.39 is 10.1 Å². The molecule has 92 valence electrons. The number of hydrogen-bond acceptors (Lipinski definition) is 3. The minimum absolute atomic E-state index is 0. The highest BCUT2D eigenvalue weighted by Gasteiger charge is 2.19. The van der Waals surface area contributed by atoms with E-state index in [1.807, 2.05) is 0 Å². The Morgan fingerprint density at radius 2 is 1.69 bits per heavy atom. The van der Waals surface area contributed by atoms with Gasteiger partial charge in [-0.15, -0.1) is 12.4 Å². The van der Waals surface area contributed by atoms with E-state index in [9.17, 15) is 8.42 Å². The van der Waals surface area contributed by atoms with Crippen LogP contribution in [0.15, 0.2) is 11.0 Å². The van der Waals surface area contributed by atoms with Crippen LogP contribution >= 0.6 is 12.4 Å². The van der Waals surface area contributed by atoms with Crippen molar-refractivity contribution in [2.75, 3.05) is 7.11 Å². The van der Waals surface area contributed by atoms with Gasteiger partial charge in [0, 0.05) is 0 Å². The molecular formula is C10H15ClO4S. The lowest BCUT2D eigenvalue weighted by atomic mass is 10.1. The summed E-state index contributed by atoms with van der Waals surface area (Å²) in [5.74, 6) is 0.623. The molecule has 0 fully saturated rings. The van der Waals surface area contributed by atoms with Gasteiger partial charge in [0.25, 0.3) is 10.1 Å². The van der Waals surface area contributed by atoms with E-state index in [0.717, 1.165) is 5.56 Å². The number of aryl methyl sites for hydroxylation is 1. The summed E-state index contributed by atoms with van der Waals surface area (Å²) in [6.07, 6.45) is 0. The van der Waals surface area contributed by atoms with Crippen molar-refractivity contribution in [2.45, 2.75) is 25.7 Å². The SMILES string of the molecule is COc1cc(C)c(S(=O)(=O)O)c(C)c1C.Cl. The molecule has 1 N–H and O–H groups in total. The van der Waals surface area contributed by atoms with Crippen molar-refractivity contribution in [3.63, 3.8) is 0 Å². The summed E-state index contributed by atoms with van der Waals surface area (Å²) >= 11 is 0. The number of hydrogen-bond donors (Lipinski definition) is 1. The number of benzene rings is 1. The molecule has 16 heavy (non-hydrogen) atoms. The summed E-state index contributed by atoms with van der Waals surface area (Å²) in [5, 5.41) is 0. The summed E-state index contributed by atoms with van der Waals surface area (Å²) in [7, 11) is -2.65. The van der Waals surface area contributed by atoms with Crippen molar-refractivity contribution in [1.29, 1.82) is 0 Å². The third kappa shape index (κ3) is 2.66. The molecule has 0 bridgehead atoms. The highest BCUT2D eigenvalue weighted by atomic mass is 35.5. The third-order valence-corrected chi connectivity index (χ3v) is 3.60. The molecule has 0 radical (unpaired) electrons. The Morgan fingerprint density at radius 1 is 1.19 bits per heavy atom. The summed E-state index contributed by atoms with van der Waals surface area (Å²) in [6.45, 7) is 5.02. The van der Waals surface area contributed by atoms with Crippen LogP contribution in [0.3, 0.4) is 0 Å². The Kier molecular flexibility index (Phi) is 4.79. The van der Waals surface area contributed by atoms with Gasteiger partial charge < -0.3 is 4.74 Å². The topological polar surface area (TPSA) is 63.6 Å². The van der Waals surface area contributed by atoms with Crippen LogP contribution in [0.4, 0.5) is 0 Å². The lowest BCUT2D eigenvalue weighted by molar-refractivity contribution is 0.410. The van der Waals surface area contributed by atoms with Crippen LogP contribution < -0.4 is 4.74 Å². The van der Waals surface area contributed by atoms with Crippen molar-refractivity contribution in [1.82, 2.24) is 0 Å². The largest absolute Gasteiger partial charge is 0.496 e.